The van der Waals surface area contributed by atoms with E-state index in [0.29, 0.717) is 0 Å². The highest BCUT2D eigenvalue weighted by Crippen LogP contribution is 2.31. The Morgan fingerprint density at radius 3 is 2.85 bits per heavy atom. The van der Waals surface area contributed by atoms with E-state index in [4.69, 9.17) is 0 Å². The van der Waals surface area contributed by atoms with Gasteiger partial charge in [0.05, 0.1) is 15.9 Å². The summed E-state index contributed by atoms with van der Waals surface area (Å²) >= 11 is 3.73. The van der Waals surface area contributed by atoms with E-state index >= 15 is 0 Å². The topological polar surface area (TPSA) is 29.9 Å². The number of nitrogens with zero attached hydrogens (tertiary/aromatic N) is 2. The van der Waals surface area contributed by atoms with Crippen LogP contribution in [-0.2, 0) is 13.0 Å². The van der Waals surface area contributed by atoms with Crippen LogP contribution < -0.4 is 5.32 Å². The monoisotopic (exact) mass is 341 g/mol. The second kappa shape index (κ2) is 7.60. The van der Waals surface area contributed by atoms with Gasteiger partial charge in [0, 0.05) is 12.6 Å². The van der Waals surface area contributed by atoms with Gasteiger partial charge in [-0.05, 0) is 74.3 Å². The molecule has 1 N–H and O–H groups in total. The Morgan fingerprint density at radius 1 is 1.35 bits per heavy atom. The van der Waals surface area contributed by atoms with Crippen molar-refractivity contribution >= 4 is 15.9 Å². The molecular weight excluding hydrogens is 314 g/mol. The van der Waals surface area contributed by atoms with Gasteiger partial charge >= 0.3 is 0 Å². The molecule has 1 saturated carbocycles. The summed E-state index contributed by atoms with van der Waals surface area (Å²) in [5.41, 5.74) is 2.52. The van der Waals surface area contributed by atoms with Crippen molar-refractivity contribution < 1.29 is 0 Å². The smallest absolute Gasteiger partial charge is 0.0738 e. The zero-order valence-electron chi connectivity index (χ0n) is 13.1. The summed E-state index contributed by atoms with van der Waals surface area (Å²) in [6.45, 7) is 8.63. The zero-order chi connectivity index (χ0) is 14.5. The van der Waals surface area contributed by atoms with E-state index in [1.807, 2.05) is 0 Å². The van der Waals surface area contributed by atoms with Gasteiger partial charge in [-0.3, -0.25) is 4.68 Å². The molecule has 1 aromatic rings. The van der Waals surface area contributed by atoms with Crippen LogP contribution in [0.1, 0.15) is 57.3 Å². The molecule has 0 aromatic carbocycles. The molecule has 1 aliphatic carbocycles. The predicted octanol–water partition coefficient (Wildman–Crippen LogP) is 4.07. The second-order valence-corrected chi connectivity index (χ2v) is 6.84. The fourth-order valence-corrected chi connectivity index (χ4v) is 3.79. The van der Waals surface area contributed by atoms with Crippen molar-refractivity contribution in [2.75, 3.05) is 6.54 Å². The van der Waals surface area contributed by atoms with Crippen LogP contribution in [0.2, 0.25) is 0 Å². The van der Waals surface area contributed by atoms with Crippen molar-refractivity contribution in [2.45, 2.75) is 71.9 Å². The van der Waals surface area contributed by atoms with Gasteiger partial charge in [0.15, 0.2) is 0 Å². The average Bonchev–Trinajstić information content (AvgIpc) is 2.73. The minimum atomic E-state index is 0.728. The highest BCUT2D eigenvalue weighted by molar-refractivity contribution is 9.10. The van der Waals surface area contributed by atoms with Gasteiger partial charge < -0.3 is 5.32 Å². The van der Waals surface area contributed by atoms with Gasteiger partial charge in [-0.15, -0.1) is 0 Å². The average molecular weight is 342 g/mol. The van der Waals surface area contributed by atoms with E-state index in [9.17, 15) is 0 Å². The first kappa shape index (κ1) is 16.0. The standard InChI is InChI=1S/C16H28BrN3/c1-4-9-18-14-8-6-7-13(10-14)11-15-16(17)12(3)19-20(15)5-2/h13-14,18H,4-11H2,1-3H3. The van der Waals surface area contributed by atoms with Crippen molar-refractivity contribution in [1.82, 2.24) is 15.1 Å². The molecule has 2 rings (SSSR count). The third-order valence-corrected chi connectivity index (χ3v) is 5.43. The molecule has 0 saturated heterocycles. The van der Waals surface area contributed by atoms with E-state index in [1.54, 1.807) is 0 Å². The normalized spacial score (nSPS) is 23.2. The van der Waals surface area contributed by atoms with Gasteiger partial charge in [0.2, 0.25) is 0 Å². The van der Waals surface area contributed by atoms with E-state index in [0.717, 1.165) is 30.7 Å². The fourth-order valence-electron chi connectivity index (χ4n) is 3.35. The Hall–Kier alpha value is -0.350. The molecule has 0 bridgehead atoms. The molecule has 1 aromatic heterocycles. The number of rotatable bonds is 6. The number of aromatic nitrogens is 2. The van der Waals surface area contributed by atoms with Crippen molar-refractivity contribution in [1.29, 1.82) is 0 Å². The minimum Gasteiger partial charge on any atom is -0.314 e. The molecule has 114 valence electrons. The maximum absolute atomic E-state index is 4.62. The first-order valence-electron chi connectivity index (χ1n) is 8.10. The molecule has 0 spiro atoms. The second-order valence-electron chi connectivity index (χ2n) is 6.05. The summed E-state index contributed by atoms with van der Waals surface area (Å²) in [6.07, 6.45) is 7.80. The summed E-state index contributed by atoms with van der Waals surface area (Å²) in [5, 5.41) is 8.32. The highest BCUT2D eigenvalue weighted by atomic mass is 79.9. The van der Waals surface area contributed by atoms with Crippen molar-refractivity contribution in [3.63, 3.8) is 0 Å². The number of halogens is 1. The van der Waals surface area contributed by atoms with Crippen LogP contribution >= 0.6 is 15.9 Å². The quantitative estimate of drug-likeness (QED) is 0.844. The van der Waals surface area contributed by atoms with Crippen LogP contribution in [0.5, 0.6) is 0 Å². The lowest BCUT2D eigenvalue weighted by Gasteiger charge is -2.30. The molecule has 2 atom stereocenters. The minimum absolute atomic E-state index is 0.728. The van der Waals surface area contributed by atoms with Crippen LogP contribution in [0.3, 0.4) is 0 Å². The Bertz CT molecular complexity index is 428. The van der Waals surface area contributed by atoms with E-state index in [-0.39, 0.29) is 0 Å². The number of aryl methyl sites for hydroxylation is 2. The molecule has 2 unspecified atom stereocenters. The van der Waals surface area contributed by atoms with Gasteiger partial charge in [-0.25, -0.2) is 0 Å². The SMILES string of the molecule is CCCNC1CCCC(Cc2c(Br)c(C)nn2CC)C1. The van der Waals surface area contributed by atoms with E-state index < -0.39 is 0 Å². The lowest BCUT2D eigenvalue weighted by Crippen LogP contribution is -2.35. The summed E-state index contributed by atoms with van der Waals surface area (Å²) in [6, 6.07) is 0.728. The van der Waals surface area contributed by atoms with Crippen LogP contribution in [0.25, 0.3) is 0 Å². The van der Waals surface area contributed by atoms with Gasteiger partial charge in [0.1, 0.15) is 0 Å². The highest BCUT2D eigenvalue weighted by Gasteiger charge is 2.24. The Morgan fingerprint density at radius 2 is 2.15 bits per heavy atom. The predicted molar refractivity (Wildman–Crippen MR) is 88.1 cm³/mol. The molecule has 1 fully saturated rings. The van der Waals surface area contributed by atoms with Crippen molar-refractivity contribution in [3.05, 3.63) is 15.9 Å². The number of nitrogens with one attached hydrogen (secondary N) is 1. The molecule has 0 amide bonds. The van der Waals surface area contributed by atoms with E-state index in [1.165, 1.54) is 48.7 Å². The zero-order valence-corrected chi connectivity index (χ0v) is 14.7. The van der Waals surface area contributed by atoms with Gasteiger partial charge in [0.25, 0.3) is 0 Å². The summed E-state index contributed by atoms with van der Waals surface area (Å²) in [4.78, 5) is 0. The molecule has 3 nitrogen and oxygen atoms in total. The molecule has 20 heavy (non-hydrogen) atoms. The van der Waals surface area contributed by atoms with Gasteiger partial charge in [-0.1, -0.05) is 13.3 Å². The maximum atomic E-state index is 4.62. The summed E-state index contributed by atoms with van der Waals surface area (Å²) < 4.78 is 3.39. The molecule has 0 radical (unpaired) electrons. The van der Waals surface area contributed by atoms with Crippen LogP contribution in [-0.4, -0.2) is 22.4 Å². The third-order valence-electron chi connectivity index (χ3n) is 4.40. The van der Waals surface area contributed by atoms with Crippen LogP contribution in [0, 0.1) is 12.8 Å². The Labute approximate surface area is 131 Å². The molecule has 1 heterocycles. The largest absolute Gasteiger partial charge is 0.314 e. The summed E-state index contributed by atoms with van der Waals surface area (Å²) in [5.74, 6) is 0.802. The number of hydrogen-bond donors (Lipinski definition) is 1. The van der Waals surface area contributed by atoms with Crippen LogP contribution in [0.15, 0.2) is 4.47 Å². The lowest BCUT2D eigenvalue weighted by atomic mass is 9.83. The first-order chi connectivity index (χ1) is 9.65. The summed E-state index contributed by atoms with van der Waals surface area (Å²) in [7, 11) is 0. The maximum Gasteiger partial charge on any atom is 0.0738 e. The number of hydrogen-bond acceptors (Lipinski definition) is 2. The Balaban J connectivity index is 1.99. The molecule has 0 aliphatic heterocycles. The Kier molecular flexibility index (Phi) is 6.09. The third kappa shape index (κ3) is 3.85. The van der Waals surface area contributed by atoms with Crippen molar-refractivity contribution in [2.24, 2.45) is 5.92 Å². The van der Waals surface area contributed by atoms with E-state index in [2.05, 4.69) is 51.8 Å². The van der Waals surface area contributed by atoms with Crippen LogP contribution in [0.4, 0.5) is 0 Å². The van der Waals surface area contributed by atoms with Crippen molar-refractivity contribution in [3.8, 4) is 0 Å². The first-order valence-corrected chi connectivity index (χ1v) is 8.90. The molecular formula is C16H28BrN3. The van der Waals surface area contributed by atoms with Gasteiger partial charge in [-0.2, -0.15) is 5.10 Å². The molecule has 1 aliphatic rings. The fraction of sp³-hybridized carbons (Fsp3) is 0.812. The lowest BCUT2D eigenvalue weighted by molar-refractivity contribution is 0.280. The molecule has 4 heteroatoms.